The van der Waals surface area contributed by atoms with E-state index in [4.69, 9.17) is 4.74 Å². The van der Waals surface area contributed by atoms with Gasteiger partial charge in [0.15, 0.2) is 9.84 Å². The van der Waals surface area contributed by atoms with Gasteiger partial charge in [0, 0.05) is 32.2 Å². The largest absolute Gasteiger partial charge is 0.378 e. The molecule has 1 atom stereocenters. The van der Waals surface area contributed by atoms with Crippen LogP contribution < -0.4 is 0 Å². The van der Waals surface area contributed by atoms with Gasteiger partial charge in [0.2, 0.25) is 0 Å². The van der Waals surface area contributed by atoms with Crippen LogP contribution in [0, 0.1) is 0 Å². The third-order valence-electron chi connectivity index (χ3n) is 3.87. The van der Waals surface area contributed by atoms with Gasteiger partial charge >= 0.3 is 0 Å². The average molecular weight is 325 g/mol. The Kier molecular flexibility index (Phi) is 4.02. The Morgan fingerprint density at radius 3 is 3.00 bits per heavy atom. The quantitative estimate of drug-likeness (QED) is 0.858. The summed E-state index contributed by atoms with van der Waals surface area (Å²) >= 11 is 0. The highest BCUT2D eigenvalue weighted by Gasteiger charge is 2.31. The van der Waals surface area contributed by atoms with E-state index >= 15 is 0 Å². The Bertz CT molecular complexity index is 751. The molecule has 0 radical (unpaired) electrons. The zero-order valence-electron chi connectivity index (χ0n) is 12.6. The summed E-state index contributed by atoms with van der Waals surface area (Å²) in [5.41, 5.74) is 0.580. The summed E-state index contributed by atoms with van der Waals surface area (Å²) in [6.45, 7) is 2.37. The normalized spacial score (nSPS) is 20.4. The Morgan fingerprint density at radius 1 is 1.50 bits per heavy atom. The highest BCUT2D eigenvalue weighted by molar-refractivity contribution is 7.90. The molecule has 2 aromatic heterocycles. The van der Waals surface area contributed by atoms with Crippen LogP contribution in [-0.4, -0.2) is 59.1 Å². The first-order valence-electron chi connectivity index (χ1n) is 6.98. The van der Waals surface area contributed by atoms with E-state index in [9.17, 15) is 8.42 Å². The van der Waals surface area contributed by atoms with Gasteiger partial charge in [-0.1, -0.05) is 0 Å². The Morgan fingerprint density at radius 2 is 2.32 bits per heavy atom. The number of aryl methyl sites for hydroxylation is 1. The zero-order chi connectivity index (χ0) is 15.7. The smallest absolute Gasteiger partial charge is 0.178 e. The van der Waals surface area contributed by atoms with Crippen molar-refractivity contribution in [2.45, 2.75) is 17.5 Å². The lowest BCUT2D eigenvalue weighted by Crippen LogP contribution is -2.40. The van der Waals surface area contributed by atoms with Gasteiger partial charge in [-0.25, -0.2) is 13.4 Å². The number of H-pyrrole nitrogens is 1. The fourth-order valence-corrected chi connectivity index (χ4v) is 3.47. The summed E-state index contributed by atoms with van der Waals surface area (Å²) in [6.07, 6.45) is 6.19. The van der Waals surface area contributed by atoms with E-state index in [2.05, 4.69) is 20.1 Å². The molecule has 120 valence electrons. The van der Waals surface area contributed by atoms with Gasteiger partial charge in [0.25, 0.3) is 0 Å². The van der Waals surface area contributed by atoms with E-state index in [1.54, 1.807) is 6.20 Å². The molecule has 22 heavy (non-hydrogen) atoms. The van der Waals surface area contributed by atoms with Crippen molar-refractivity contribution in [3.05, 3.63) is 30.1 Å². The maximum Gasteiger partial charge on any atom is 0.178 e. The van der Waals surface area contributed by atoms with Crippen molar-refractivity contribution in [3.8, 4) is 0 Å². The first kappa shape index (κ1) is 15.2. The SMILES string of the molecule is Cn1ccnc1CN1CCOC[C@@H]1c1[nH]ncc1S(C)(=O)=O. The second-order valence-electron chi connectivity index (χ2n) is 5.44. The number of nitrogens with one attached hydrogen (secondary N) is 1. The third kappa shape index (κ3) is 2.92. The number of nitrogens with zero attached hydrogens (tertiary/aromatic N) is 4. The van der Waals surface area contributed by atoms with Crippen LogP contribution in [0.3, 0.4) is 0 Å². The third-order valence-corrected chi connectivity index (χ3v) is 4.99. The highest BCUT2D eigenvalue weighted by atomic mass is 32.2. The number of sulfone groups is 1. The monoisotopic (exact) mass is 325 g/mol. The van der Waals surface area contributed by atoms with Crippen LogP contribution in [0.25, 0.3) is 0 Å². The van der Waals surface area contributed by atoms with Crippen molar-refractivity contribution in [3.63, 3.8) is 0 Å². The van der Waals surface area contributed by atoms with Gasteiger partial charge in [-0.2, -0.15) is 5.10 Å². The minimum absolute atomic E-state index is 0.183. The molecule has 1 N–H and O–H groups in total. The number of imidazole rings is 1. The number of rotatable bonds is 4. The van der Waals surface area contributed by atoms with Crippen molar-refractivity contribution in [2.75, 3.05) is 26.0 Å². The molecule has 1 fully saturated rings. The molecule has 1 aliphatic heterocycles. The lowest BCUT2D eigenvalue weighted by atomic mass is 10.1. The second-order valence-corrected chi connectivity index (χ2v) is 7.42. The Hall–Kier alpha value is -1.71. The van der Waals surface area contributed by atoms with Crippen LogP contribution in [0.1, 0.15) is 17.6 Å². The molecule has 0 bridgehead atoms. The van der Waals surface area contributed by atoms with Crippen molar-refractivity contribution >= 4 is 9.84 Å². The molecule has 0 amide bonds. The average Bonchev–Trinajstić information content (AvgIpc) is 3.09. The molecule has 0 saturated carbocycles. The minimum atomic E-state index is -3.33. The summed E-state index contributed by atoms with van der Waals surface area (Å²) < 4.78 is 31.3. The Balaban J connectivity index is 1.90. The minimum Gasteiger partial charge on any atom is -0.378 e. The van der Waals surface area contributed by atoms with Crippen LogP contribution in [0.2, 0.25) is 0 Å². The summed E-state index contributed by atoms with van der Waals surface area (Å²) in [6, 6.07) is -0.183. The standard InChI is InChI=1S/C13H19N5O3S/c1-17-4-3-14-12(17)8-18-5-6-21-9-10(18)13-11(7-15-16-13)22(2,19)20/h3-4,7,10H,5-6,8-9H2,1-2H3,(H,15,16)/t10-/m1/s1. The van der Waals surface area contributed by atoms with Gasteiger partial charge in [0.1, 0.15) is 10.7 Å². The molecule has 3 rings (SSSR count). The second kappa shape index (κ2) is 5.82. The Labute approximate surface area is 129 Å². The molecule has 0 aliphatic carbocycles. The molecule has 9 heteroatoms. The van der Waals surface area contributed by atoms with E-state index in [0.717, 1.165) is 5.82 Å². The number of ether oxygens (including phenoxy) is 1. The predicted molar refractivity (Wildman–Crippen MR) is 78.9 cm³/mol. The molecule has 8 nitrogen and oxygen atoms in total. The maximum absolute atomic E-state index is 11.9. The molecule has 0 unspecified atom stereocenters. The first-order valence-corrected chi connectivity index (χ1v) is 8.87. The van der Waals surface area contributed by atoms with Crippen molar-refractivity contribution in [1.82, 2.24) is 24.6 Å². The van der Waals surface area contributed by atoms with Crippen molar-refractivity contribution in [2.24, 2.45) is 7.05 Å². The summed E-state index contributed by atoms with van der Waals surface area (Å²) in [5, 5.41) is 6.73. The molecular formula is C13H19N5O3S. The zero-order valence-corrected chi connectivity index (χ0v) is 13.4. The molecule has 2 aromatic rings. The van der Waals surface area contributed by atoms with E-state index < -0.39 is 9.84 Å². The number of hydrogen-bond acceptors (Lipinski definition) is 6. The predicted octanol–water partition coefficient (Wildman–Crippen LogP) is 0.120. The molecule has 0 spiro atoms. The van der Waals surface area contributed by atoms with Crippen LogP contribution >= 0.6 is 0 Å². The highest BCUT2D eigenvalue weighted by Crippen LogP contribution is 2.28. The van der Waals surface area contributed by atoms with Gasteiger partial charge in [-0.3, -0.25) is 10.00 Å². The summed E-state index contributed by atoms with van der Waals surface area (Å²) in [4.78, 5) is 6.72. The van der Waals surface area contributed by atoms with Gasteiger partial charge in [-0.05, 0) is 0 Å². The van der Waals surface area contributed by atoms with E-state index in [0.29, 0.717) is 32.0 Å². The van der Waals surface area contributed by atoms with Gasteiger partial charge in [0.05, 0.1) is 37.7 Å². The molecule has 1 saturated heterocycles. The van der Waals surface area contributed by atoms with E-state index in [1.807, 2.05) is 17.8 Å². The summed E-state index contributed by atoms with van der Waals surface area (Å²) in [7, 11) is -1.39. The fraction of sp³-hybridized carbons (Fsp3) is 0.538. The lowest BCUT2D eigenvalue weighted by Gasteiger charge is -2.34. The topological polar surface area (TPSA) is 93.1 Å². The van der Waals surface area contributed by atoms with Crippen LogP contribution in [0.15, 0.2) is 23.5 Å². The first-order chi connectivity index (χ1) is 10.5. The van der Waals surface area contributed by atoms with Crippen LogP contribution in [0.5, 0.6) is 0 Å². The fourth-order valence-electron chi connectivity index (χ4n) is 2.64. The molecule has 3 heterocycles. The van der Waals surface area contributed by atoms with Gasteiger partial charge in [-0.15, -0.1) is 0 Å². The van der Waals surface area contributed by atoms with Crippen molar-refractivity contribution in [1.29, 1.82) is 0 Å². The number of morpholine rings is 1. The number of aromatic amines is 1. The van der Waals surface area contributed by atoms with Crippen LogP contribution in [0.4, 0.5) is 0 Å². The van der Waals surface area contributed by atoms with Crippen molar-refractivity contribution < 1.29 is 13.2 Å². The van der Waals surface area contributed by atoms with E-state index in [-0.39, 0.29) is 10.9 Å². The number of hydrogen-bond donors (Lipinski definition) is 1. The van der Waals surface area contributed by atoms with Gasteiger partial charge < -0.3 is 9.30 Å². The molecule has 0 aromatic carbocycles. The van der Waals surface area contributed by atoms with Crippen LogP contribution in [-0.2, 0) is 28.2 Å². The lowest BCUT2D eigenvalue weighted by molar-refractivity contribution is -0.0166. The molecular weight excluding hydrogens is 306 g/mol. The van der Waals surface area contributed by atoms with E-state index in [1.165, 1.54) is 12.5 Å². The summed E-state index contributed by atoms with van der Waals surface area (Å²) in [5.74, 6) is 0.923. The maximum atomic E-state index is 11.9. The molecule has 1 aliphatic rings. The number of aromatic nitrogens is 4.